The SMILES string of the molecule is COc1ccc(N2C(=O)[C@H]3N=NN(CC(=O)Nc4cccc(C(F)(F)F)c4)[C@H]3C2=O)cc1OC. The Kier molecular flexibility index (Phi) is 5.85. The van der Waals surface area contributed by atoms with Gasteiger partial charge in [-0.05, 0) is 30.3 Å². The smallest absolute Gasteiger partial charge is 0.416 e. The summed E-state index contributed by atoms with van der Waals surface area (Å²) in [7, 11) is 2.85. The van der Waals surface area contributed by atoms with E-state index in [9.17, 15) is 27.6 Å². The highest BCUT2D eigenvalue weighted by atomic mass is 19.4. The molecule has 0 radical (unpaired) electrons. The van der Waals surface area contributed by atoms with Crippen molar-refractivity contribution in [3.05, 3.63) is 48.0 Å². The number of anilines is 2. The number of methoxy groups -OCH3 is 2. The number of fused-ring (bicyclic) bond motifs is 1. The van der Waals surface area contributed by atoms with Crippen LogP contribution < -0.4 is 19.7 Å². The molecule has 2 aliphatic heterocycles. The van der Waals surface area contributed by atoms with Crippen molar-refractivity contribution < 1.29 is 37.0 Å². The minimum absolute atomic E-state index is 0.0757. The van der Waals surface area contributed by atoms with Gasteiger partial charge in [-0.15, -0.1) is 0 Å². The zero-order chi connectivity index (χ0) is 24.6. The minimum atomic E-state index is -4.57. The van der Waals surface area contributed by atoms with Crippen LogP contribution in [0.4, 0.5) is 24.5 Å². The summed E-state index contributed by atoms with van der Waals surface area (Å²) < 4.78 is 49.0. The van der Waals surface area contributed by atoms with Crippen LogP contribution in [0.2, 0.25) is 0 Å². The van der Waals surface area contributed by atoms with Gasteiger partial charge in [-0.2, -0.15) is 18.3 Å². The first-order valence-electron chi connectivity index (χ1n) is 9.88. The summed E-state index contributed by atoms with van der Waals surface area (Å²) in [6, 6.07) is 6.29. The van der Waals surface area contributed by atoms with Gasteiger partial charge >= 0.3 is 6.18 Å². The van der Waals surface area contributed by atoms with Crippen molar-refractivity contribution in [3.63, 3.8) is 0 Å². The average molecular weight is 477 g/mol. The van der Waals surface area contributed by atoms with Gasteiger partial charge in [0, 0.05) is 11.8 Å². The van der Waals surface area contributed by atoms with Crippen molar-refractivity contribution in [2.75, 3.05) is 31.0 Å². The molecule has 2 aromatic rings. The highest BCUT2D eigenvalue weighted by molar-refractivity contribution is 6.25. The molecule has 178 valence electrons. The Hall–Kier alpha value is -4.16. The Morgan fingerprint density at radius 1 is 1.06 bits per heavy atom. The Labute approximate surface area is 190 Å². The Bertz CT molecular complexity index is 1190. The van der Waals surface area contributed by atoms with Crippen LogP contribution in [0.3, 0.4) is 0 Å². The minimum Gasteiger partial charge on any atom is -0.493 e. The van der Waals surface area contributed by atoms with Crippen LogP contribution in [0.25, 0.3) is 0 Å². The molecule has 3 amide bonds. The van der Waals surface area contributed by atoms with E-state index in [2.05, 4.69) is 15.7 Å². The standard InChI is InChI=1S/C21H18F3N5O5/c1-33-14-7-6-13(9-15(14)34-2)29-19(31)17-18(20(29)32)28(27-26-17)10-16(30)25-12-5-3-4-11(8-12)21(22,23)24/h3-9,17-18H,10H2,1-2H3,(H,25,30)/t17-,18+/m0/s1. The van der Waals surface area contributed by atoms with Gasteiger partial charge in [0.05, 0.1) is 25.5 Å². The molecule has 4 rings (SSSR count). The van der Waals surface area contributed by atoms with Gasteiger partial charge in [-0.25, -0.2) is 4.90 Å². The molecule has 1 saturated heterocycles. The van der Waals surface area contributed by atoms with Crippen LogP contribution >= 0.6 is 0 Å². The Morgan fingerprint density at radius 3 is 2.47 bits per heavy atom. The summed E-state index contributed by atoms with van der Waals surface area (Å²) in [6.45, 7) is -0.500. The predicted octanol–water partition coefficient (Wildman–Crippen LogP) is 2.65. The number of carbonyl (C=O) groups excluding carboxylic acids is 3. The van der Waals surface area contributed by atoms with Crippen LogP contribution in [0.1, 0.15) is 5.56 Å². The lowest BCUT2D eigenvalue weighted by molar-refractivity contribution is -0.137. The lowest BCUT2D eigenvalue weighted by Gasteiger charge is -2.21. The zero-order valence-corrected chi connectivity index (χ0v) is 17.9. The maximum Gasteiger partial charge on any atom is 0.416 e. The van der Waals surface area contributed by atoms with Gasteiger partial charge < -0.3 is 14.8 Å². The number of imide groups is 1. The summed E-state index contributed by atoms with van der Waals surface area (Å²) in [5.74, 6) is -1.32. The first-order chi connectivity index (χ1) is 16.1. The van der Waals surface area contributed by atoms with E-state index < -0.39 is 48.1 Å². The normalized spacial score (nSPS) is 19.4. The van der Waals surface area contributed by atoms with E-state index >= 15 is 0 Å². The monoisotopic (exact) mass is 477 g/mol. The third kappa shape index (κ3) is 4.11. The number of nitrogens with one attached hydrogen (secondary N) is 1. The largest absolute Gasteiger partial charge is 0.493 e. The predicted molar refractivity (Wildman–Crippen MR) is 111 cm³/mol. The number of benzene rings is 2. The van der Waals surface area contributed by atoms with Crippen LogP contribution in [0.15, 0.2) is 52.8 Å². The first-order valence-corrected chi connectivity index (χ1v) is 9.88. The van der Waals surface area contributed by atoms with Gasteiger partial charge in [0.25, 0.3) is 11.8 Å². The fraction of sp³-hybridized carbons (Fsp3) is 0.286. The second-order valence-electron chi connectivity index (χ2n) is 7.37. The van der Waals surface area contributed by atoms with E-state index in [-0.39, 0.29) is 11.4 Å². The van der Waals surface area contributed by atoms with E-state index in [4.69, 9.17) is 9.47 Å². The van der Waals surface area contributed by atoms with Crippen molar-refractivity contribution in [2.24, 2.45) is 10.3 Å². The third-order valence-electron chi connectivity index (χ3n) is 5.26. The molecule has 0 bridgehead atoms. The second-order valence-corrected chi connectivity index (χ2v) is 7.37. The first kappa shape index (κ1) is 23.0. The zero-order valence-electron chi connectivity index (χ0n) is 17.9. The fourth-order valence-corrected chi connectivity index (χ4v) is 3.69. The number of hydrogen-bond acceptors (Lipinski definition) is 8. The number of halogens is 3. The van der Waals surface area contributed by atoms with Crippen molar-refractivity contribution in [3.8, 4) is 11.5 Å². The molecule has 2 atom stereocenters. The summed E-state index contributed by atoms with van der Waals surface area (Å²) in [4.78, 5) is 39.3. The molecule has 1 N–H and O–H groups in total. The number of carbonyl (C=O) groups is 3. The molecule has 34 heavy (non-hydrogen) atoms. The van der Waals surface area contributed by atoms with Gasteiger partial charge in [0.2, 0.25) is 5.91 Å². The van der Waals surface area contributed by atoms with Crippen LogP contribution in [0, 0.1) is 0 Å². The fourth-order valence-electron chi connectivity index (χ4n) is 3.69. The summed E-state index contributed by atoms with van der Waals surface area (Å²) in [5.41, 5.74) is -0.771. The van der Waals surface area contributed by atoms with Gasteiger partial charge in [0.15, 0.2) is 23.6 Å². The molecule has 2 heterocycles. The van der Waals surface area contributed by atoms with E-state index in [1.165, 1.54) is 38.5 Å². The average Bonchev–Trinajstić information content (AvgIpc) is 3.32. The molecule has 0 spiro atoms. The van der Waals surface area contributed by atoms with Gasteiger partial charge in [0.1, 0.15) is 6.54 Å². The number of ether oxygens (including phenoxy) is 2. The van der Waals surface area contributed by atoms with E-state index in [0.717, 1.165) is 28.1 Å². The molecule has 2 aliphatic rings. The Morgan fingerprint density at radius 2 is 1.79 bits per heavy atom. The molecule has 0 aromatic heterocycles. The van der Waals surface area contributed by atoms with Crippen LogP contribution in [-0.2, 0) is 20.6 Å². The molecular formula is C21H18F3N5O5. The lowest BCUT2D eigenvalue weighted by Crippen LogP contribution is -2.43. The molecule has 0 aliphatic carbocycles. The summed E-state index contributed by atoms with van der Waals surface area (Å²) >= 11 is 0. The second kappa shape index (κ2) is 8.65. The number of hydrogen-bond donors (Lipinski definition) is 1. The van der Waals surface area contributed by atoms with Crippen molar-refractivity contribution in [1.82, 2.24) is 5.01 Å². The quantitative estimate of drug-likeness (QED) is 0.641. The molecule has 1 fully saturated rings. The number of alkyl halides is 3. The molecular weight excluding hydrogens is 459 g/mol. The van der Waals surface area contributed by atoms with E-state index in [1.807, 2.05) is 0 Å². The molecule has 13 heteroatoms. The molecule has 0 saturated carbocycles. The molecule has 0 unspecified atom stereocenters. The third-order valence-corrected chi connectivity index (χ3v) is 5.26. The highest BCUT2D eigenvalue weighted by Crippen LogP contribution is 2.36. The summed E-state index contributed by atoms with van der Waals surface area (Å²) in [6.07, 6.45) is -4.57. The maximum atomic E-state index is 13.1. The maximum absolute atomic E-state index is 13.1. The number of nitrogens with zero attached hydrogens (tertiary/aromatic N) is 4. The summed E-state index contributed by atoms with van der Waals surface area (Å²) in [5, 5.41) is 10.9. The number of rotatable bonds is 6. The van der Waals surface area contributed by atoms with Gasteiger partial charge in [-0.3, -0.25) is 19.4 Å². The van der Waals surface area contributed by atoms with E-state index in [1.54, 1.807) is 0 Å². The van der Waals surface area contributed by atoms with Crippen LogP contribution in [0.5, 0.6) is 11.5 Å². The van der Waals surface area contributed by atoms with Crippen molar-refractivity contribution >= 4 is 29.1 Å². The Balaban J connectivity index is 1.49. The lowest BCUT2D eigenvalue weighted by atomic mass is 10.1. The number of amides is 3. The van der Waals surface area contributed by atoms with Crippen molar-refractivity contribution in [1.29, 1.82) is 0 Å². The highest BCUT2D eigenvalue weighted by Gasteiger charge is 2.55. The van der Waals surface area contributed by atoms with Gasteiger partial charge in [-0.1, -0.05) is 11.3 Å². The van der Waals surface area contributed by atoms with Crippen LogP contribution in [-0.4, -0.2) is 55.6 Å². The molecule has 10 nitrogen and oxygen atoms in total. The topological polar surface area (TPSA) is 113 Å². The van der Waals surface area contributed by atoms with Crippen molar-refractivity contribution in [2.45, 2.75) is 18.3 Å². The molecule has 2 aromatic carbocycles. The van der Waals surface area contributed by atoms with E-state index in [0.29, 0.717) is 11.5 Å².